The van der Waals surface area contributed by atoms with E-state index in [1.165, 1.54) is 0 Å². The molecule has 0 saturated carbocycles. The van der Waals surface area contributed by atoms with Crippen molar-refractivity contribution >= 4 is 23.6 Å². The minimum absolute atomic E-state index is 0.0353. The molecule has 0 bridgehead atoms. The first kappa shape index (κ1) is 17.9. The molecule has 4 nitrogen and oxygen atoms in total. The molecule has 1 fully saturated rings. The van der Waals surface area contributed by atoms with E-state index in [-0.39, 0.29) is 29.1 Å². The molecule has 0 aromatic heterocycles. The Bertz CT molecular complexity index is 547. The summed E-state index contributed by atoms with van der Waals surface area (Å²) >= 11 is 1.66. The van der Waals surface area contributed by atoms with Crippen molar-refractivity contribution in [2.45, 2.75) is 51.6 Å². The molecule has 1 N–H and O–H groups in total. The number of amides is 2. The van der Waals surface area contributed by atoms with Crippen LogP contribution in [0.5, 0.6) is 0 Å². The van der Waals surface area contributed by atoms with Gasteiger partial charge >= 0.3 is 0 Å². The van der Waals surface area contributed by atoms with Crippen LogP contribution in [-0.4, -0.2) is 34.6 Å². The summed E-state index contributed by atoms with van der Waals surface area (Å²) in [5.74, 6) is 0.506. The van der Waals surface area contributed by atoms with Crippen LogP contribution >= 0.6 is 11.8 Å². The van der Waals surface area contributed by atoms with Gasteiger partial charge in [-0.25, -0.2) is 0 Å². The summed E-state index contributed by atoms with van der Waals surface area (Å²) in [4.78, 5) is 27.1. The van der Waals surface area contributed by atoms with Gasteiger partial charge in [0.25, 0.3) is 0 Å². The van der Waals surface area contributed by atoms with Crippen LogP contribution in [0.25, 0.3) is 0 Å². The highest BCUT2D eigenvalue weighted by molar-refractivity contribution is 7.99. The molecule has 3 atom stereocenters. The molecule has 5 heteroatoms. The Hall–Kier alpha value is -1.49. The Labute approximate surface area is 143 Å². The van der Waals surface area contributed by atoms with Crippen molar-refractivity contribution in [1.82, 2.24) is 10.2 Å². The van der Waals surface area contributed by atoms with E-state index in [0.29, 0.717) is 5.75 Å². The molecule has 1 heterocycles. The first-order chi connectivity index (χ1) is 11.0. The van der Waals surface area contributed by atoms with Gasteiger partial charge in [0.2, 0.25) is 11.8 Å². The maximum Gasteiger partial charge on any atom is 0.243 e. The maximum absolute atomic E-state index is 12.7. The van der Waals surface area contributed by atoms with Gasteiger partial charge in [0, 0.05) is 17.7 Å². The second-order valence-corrected chi connectivity index (χ2v) is 7.44. The fraction of sp³-hybridized carbons (Fsp3) is 0.556. The van der Waals surface area contributed by atoms with Crippen molar-refractivity contribution < 1.29 is 9.59 Å². The number of nitrogens with one attached hydrogen (secondary N) is 1. The zero-order chi connectivity index (χ0) is 17.0. The summed E-state index contributed by atoms with van der Waals surface area (Å²) in [5.41, 5.74) is 1.07. The number of carbonyl (C=O) groups is 2. The van der Waals surface area contributed by atoms with Crippen LogP contribution in [0.2, 0.25) is 0 Å². The van der Waals surface area contributed by atoms with Crippen LogP contribution in [0.3, 0.4) is 0 Å². The zero-order valence-electron chi connectivity index (χ0n) is 14.3. The summed E-state index contributed by atoms with van der Waals surface area (Å²) in [5, 5.41) is 2.94. The van der Waals surface area contributed by atoms with E-state index < -0.39 is 6.04 Å². The third-order valence-electron chi connectivity index (χ3n) is 4.14. The van der Waals surface area contributed by atoms with E-state index >= 15 is 0 Å². The first-order valence-corrected chi connectivity index (χ1v) is 9.29. The van der Waals surface area contributed by atoms with E-state index in [4.69, 9.17) is 0 Å². The van der Waals surface area contributed by atoms with Crippen molar-refractivity contribution in [3.05, 3.63) is 35.9 Å². The van der Waals surface area contributed by atoms with Crippen LogP contribution in [0.4, 0.5) is 0 Å². The molecular weight excluding hydrogens is 308 g/mol. The molecule has 2 amide bonds. The Morgan fingerprint density at radius 2 is 1.91 bits per heavy atom. The smallest absolute Gasteiger partial charge is 0.243 e. The fourth-order valence-electron chi connectivity index (χ4n) is 2.59. The van der Waals surface area contributed by atoms with Crippen LogP contribution in [0, 0.1) is 5.92 Å². The normalized spacial score (nSPS) is 22.2. The van der Waals surface area contributed by atoms with Gasteiger partial charge in [-0.15, -0.1) is 11.8 Å². The van der Waals surface area contributed by atoms with Crippen molar-refractivity contribution in [1.29, 1.82) is 0 Å². The number of carbonyl (C=O) groups excluding carboxylic acids is 2. The Morgan fingerprint density at radius 1 is 1.26 bits per heavy atom. The molecule has 1 saturated heterocycles. The van der Waals surface area contributed by atoms with Crippen LogP contribution in [-0.2, 0) is 9.59 Å². The molecule has 1 aliphatic heterocycles. The van der Waals surface area contributed by atoms with E-state index in [2.05, 4.69) is 5.32 Å². The molecule has 0 unspecified atom stereocenters. The Balaban J connectivity index is 2.25. The van der Waals surface area contributed by atoms with Gasteiger partial charge in [-0.1, -0.05) is 51.1 Å². The SMILES string of the molecule is CC[C@@H](C)NC(=O)[C@H]1CS[C@H](c2ccccc2)N1C(=O)C(C)C. The molecular formula is C18H26N2O2S. The van der Waals surface area contributed by atoms with Crippen molar-refractivity contribution in [3.8, 4) is 0 Å². The Kier molecular flexibility index (Phi) is 6.10. The highest BCUT2D eigenvalue weighted by Crippen LogP contribution is 2.42. The van der Waals surface area contributed by atoms with Gasteiger partial charge in [-0.3, -0.25) is 9.59 Å². The van der Waals surface area contributed by atoms with Crippen molar-refractivity contribution in [2.75, 3.05) is 5.75 Å². The summed E-state index contributed by atoms with van der Waals surface area (Å²) in [6.45, 7) is 7.80. The molecule has 1 aromatic carbocycles. The van der Waals surface area contributed by atoms with Crippen molar-refractivity contribution in [2.24, 2.45) is 5.92 Å². The van der Waals surface area contributed by atoms with E-state index in [1.807, 2.05) is 58.0 Å². The fourth-order valence-corrected chi connectivity index (χ4v) is 4.03. The van der Waals surface area contributed by atoms with E-state index in [9.17, 15) is 9.59 Å². The minimum atomic E-state index is -0.394. The highest BCUT2D eigenvalue weighted by atomic mass is 32.2. The number of thioether (sulfide) groups is 1. The van der Waals surface area contributed by atoms with E-state index in [1.54, 1.807) is 16.7 Å². The molecule has 2 rings (SSSR count). The average molecular weight is 334 g/mol. The molecule has 0 spiro atoms. The van der Waals surface area contributed by atoms with Gasteiger partial charge < -0.3 is 10.2 Å². The van der Waals surface area contributed by atoms with Crippen molar-refractivity contribution in [3.63, 3.8) is 0 Å². The standard InChI is InChI=1S/C18H26N2O2S/c1-5-13(4)19-16(21)15-11-23-18(14-9-7-6-8-10-14)20(15)17(22)12(2)3/h6-10,12-13,15,18H,5,11H2,1-4H3,(H,19,21)/t13-,15-,18-/m1/s1. The molecule has 0 radical (unpaired) electrons. The lowest BCUT2D eigenvalue weighted by Crippen LogP contribution is -2.50. The number of nitrogens with zero attached hydrogens (tertiary/aromatic N) is 1. The molecule has 1 aromatic rings. The second-order valence-electron chi connectivity index (χ2n) is 6.33. The lowest BCUT2D eigenvalue weighted by atomic mass is 10.1. The number of hydrogen-bond acceptors (Lipinski definition) is 3. The second kappa shape index (κ2) is 7.86. The molecule has 126 valence electrons. The quantitative estimate of drug-likeness (QED) is 0.899. The van der Waals surface area contributed by atoms with Gasteiger partial charge in [-0.2, -0.15) is 0 Å². The molecule has 0 aliphatic carbocycles. The minimum Gasteiger partial charge on any atom is -0.352 e. The van der Waals surface area contributed by atoms with Gasteiger partial charge in [0.05, 0.1) is 0 Å². The lowest BCUT2D eigenvalue weighted by molar-refractivity contribution is -0.142. The number of hydrogen-bond donors (Lipinski definition) is 1. The van der Waals surface area contributed by atoms with Gasteiger partial charge in [0.15, 0.2) is 0 Å². The van der Waals surface area contributed by atoms with E-state index in [0.717, 1.165) is 12.0 Å². The Morgan fingerprint density at radius 3 is 2.48 bits per heavy atom. The lowest BCUT2D eigenvalue weighted by Gasteiger charge is -2.31. The maximum atomic E-state index is 12.7. The number of rotatable bonds is 5. The molecule has 1 aliphatic rings. The van der Waals surface area contributed by atoms with Crippen LogP contribution < -0.4 is 5.32 Å². The average Bonchev–Trinajstić information content (AvgIpc) is 2.99. The molecule has 23 heavy (non-hydrogen) atoms. The van der Waals surface area contributed by atoms with Crippen LogP contribution in [0.1, 0.15) is 45.1 Å². The monoisotopic (exact) mass is 334 g/mol. The van der Waals surface area contributed by atoms with Crippen LogP contribution in [0.15, 0.2) is 30.3 Å². The summed E-state index contributed by atoms with van der Waals surface area (Å²) < 4.78 is 0. The summed E-state index contributed by atoms with van der Waals surface area (Å²) in [7, 11) is 0. The topological polar surface area (TPSA) is 49.4 Å². The third kappa shape index (κ3) is 4.08. The first-order valence-electron chi connectivity index (χ1n) is 8.24. The predicted molar refractivity (Wildman–Crippen MR) is 95.0 cm³/mol. The number of benzene rings is 1. The van der Waals surface area contributed by atoms with Gasteiger partial charge in [-0.05, 0) is 18.9 Å². The largest absolute Gasteiger partial charge is 0.352 e. The third-order valence-corrected chi connectivity index (χ3v) is 5.46. The highest BCUT2D eigenvalue weighted by Gasteiger charge is 2.42. The van der Waals surface area contributed by atoms with Gasteiger partial charge in [0.1, 0.15) is 11.4 Å². The predicted octanol–water partition coefficient (Wildman–Crippen LogP) is 3.20. The summed E-state index contributed by atoms with van der Waals surface area (Å²) in [6, 6.07) is 9.68. The summed E-state index contributed by atoms with van der Waals surface area (Å²) in [6.07, 6.45) is 0.881. The zero-order valence-corrected chi connectivity index (χ0v) is 15.1.